The molecule has 2 rings (SSSR count). The van der Waals surface area contributed by atoms with E-state index in [4.69, 9.17) is 0 Å². The van der Waals surface area contributed by atoms with Crippen LogP contribution in [0.3, 0.4) is 0 Å². The number of benzene rings is 1. The summed E-state index contributed by atoms with van der Waals surface area (Å²) in [7, 11) is 0. The zero-order chi connectivity index (χ0) is 17.5. The molecule has 1 aromatic carbocycles. The fourth-order valence-corrected chi connectivity index (χ4v) is 4.96. The predicted octanol–water partition coefficient (Wildman–Crippen LogP) is 4.83. The summed E-state index contributed by atoms with van der Waals surface area (Å²) in [6.07, 6.45) is 2.25. The summed E-state index contributed by atoms with van der Waals surface area (Å²) in [4.78, 5) is 12.1. The molecule has 1 aromatic heterocycles. The standard InChI is InChI=1S/C15H17F2N3OS3/c1-3-4-7-22-14-19-20-15(24-14)23-9(2)13(21)18-12-6-5-10(16)8-11(12)17/h5-6,8-9H,3-4,7H2,1-2H3,(H,18,21). The molecule has 0 aliphatic heterocycles. The maximum Gasteiger partial charge on any atom is 0.237 e. The Balaban J connectivity index is 1.89. The first-order valence-electron chi connectivity index (χ1n) is 7.38. The van der Waals surface area contributed by atoms with E-state index >= 15 is 0 Å². The quantitative estimate of drug-likeness (QED) is 0.518. The third-order valence-corrected chi connectivity index (χ3v) is 6.27. The molecule has 24 heavy (non-hydrogen) atoms. The van der Waals surface area contributed by atoms with Crippen molar-refractivity contribution in [2.24, 2.45) is 0 Å². The van der Waals surface area contributed by atoms with E-state index in [9.17, 15) is 13.6 Å². The van der Waals surface area contributed by atoms with Gasteiger partial charge in [-0.1, -0.05) is 48.2 Å². The number of rotatable bonds is 8. The van der Waals surface area contributed by atoms with Crippen LogP contribution >= 0.6 is 34.9 Å². The molecule has 130 valence electrons. The van der Waals surface area contributed by atoms with Crippen LogP contribution in [-0.4, -0.2) is 27.1 Å². The fraction of sp³-hybridized carbons (Fsp3) is 0.400. The molecular formula is C15H17F2N3OS3. The van der Waals surface area contributed by atoms with Crippen LogP contribution in [0.4, 0.5) is 14.5 Å². The van der Waals surface area contributed by atoms with Crippen molar-refractivity contribution in [3.63, 3.8) is 0 Å². The number of nitrogens with one attached hydrogen (secondary N) is 1. The smallest absolute Gasteiger partial charge is 0.237 e. The Hall–Kier alpha value is -1.19. The Kier molecular flexibility index (Phi) is 7.44. The zero-order valence-corrected chi connectivity index (χ0v) is 15.7. The Labute approximate surface area is 151 Å². The Bertz CT molecular complexity index is 696. The molecule has 1 atom stereocenters. The minimum Gasteiger partial charge on any atom is -0.323 e. The van der Waals surface area contributed by atoms with Gasteiger partial charge in [0.05, 0.1) is 10.9 Å². The van der Waals surface area contributed by atoms with Gasteiger partial charge in [-0.2, -0.15) is 0 Å². The van der Waals surface area contributed by atoms with Crippen molar-refractivity contribution in [2.75, 3.05) is 11.1 Å². The van der Waals surface area contributed by atoms with E-state index in [2.05, 4.69) is 22.4 Å². The average Bonchev–Trinajstić information content (AvgIpc) is 2.97. The number of aromatic nitrogens is 2. The summed E-state index contributed by atoms with van der Waals surface area (Å²) >= 11 is 4.36. The van der Waals surface area contributed by atoms with Gasteiger partial charge in [-0.05, 0) is 25.5 Å². The van der Waals surface area contributed by atoms with Crippen molar-refractivity contribution in [3.05, 3.63) is 29.8 Å². The predicted molar refractivity (Wildman–Crippen MR) is 95.8 cm³/mol. The van der Waals surface area contributed by atoms with E-state index in [1.165, 1.54) is 29.2 Å². The second-order valence-corrected chi connectivity index (χ2v) is 8.82. The van der Waals surface area contributed by atoms with Crippen LogP contribution in [0.2, 0.25) is 0 Å². The minimum atomic E-state index is -0.800. The van der Waals surface area contributed by atoms with Crippen LogP contribution in [0.5, 0.6) is 0 Å². The van der Waals surface area contributed by atoms with Crippen LogP contribution in [-0.2, 0) is 4.79 Å². The Morgan fingerprint density at radius 1 is 1.33 bits per heavy atom. The van der Waals surface area contributed by atoms with E-state index in [0.29, 0.717) is 4.34 Å². The molecule has 0 radical (unpaired) electrons. The molecule has 1 amide bonds. The highest BCUT2D eigenvalue weighted by atomic mass is 32.2. The molecule has 0 fully saturated rings. The van der Waals surface area contributed by atoms with Crippen LogP contribution in [0.15, 0.2) is 26.9 Å². The molecule has 4 nitrogen and oxygen atoms in total. The van der Waals surface area contributed by atoms with Gasteiger partial charge in [0.15, 0.2) is 8.68 Å². The summed E-state index contributed by atoms with van der Waals surface area (Å²) in [6.45, 7) is 3.83. The number of nitrogens with zero attached hydrogens (tertiary/aromatic N) is 2. The largest absolute Gasteiger partial charge is 0.323 e. The van der Waals surface area contributed by atoms with Crippen molar-refractivity contribution in [1.82, 2.24) is 10.2 Å². The monoisotopic (exact) mass is 389 g/mol. The maximum absolute atomic E-state index is 13.6. The van der Waals surface area contributed by atoms with E-state index in [-0.39, 0.29) is 11.6 Å². The maximum atomic E-state index is 13.6. The van der Waals surface area contributed by atoms with Crippen LogP contribution < -0.4 is 5.32 Å². The van der Waals surface area contributed by atoms with Gasteiger partial charge in [0.25, 0.3) is 0 Å². The van der Waals surface area contributed by atoms with Crippen molar-refractivity contribution in [1.29, 1.82) is 0 Å². The second kappa shape index (κ2) is 9.33. The topological polar surface area (TPSA) is 54.9 Å². The number of hydrogen-bond acceptors (Lipinski definition) is 6. The van der Waals surface area contributed by atoms with Crippen molar-refractivity contribution in [2.45, 2.75) is 40.6 Å². The third kappa shape index (κ3) is 5.71. The van der Waals surface area contributed by atoms with Gasteiger partial charge in [0, 0.05) is 11.8 Å². The van der Waals surface area contributed by atoms with Crippen LogP contribution in [0, 0.1) is 11.6 Å². The number of halogens is 2. The van der Waals surface area contributed by atoms with Gasteiger partial charge in [0.1, 0.15) is 11.6 Å². The second-order valence-electron chi connectivity index (χ2n) is 4.91. The molecule has 1 unspecified atom stereocenters. The number of unbranched alkanes of at least 4 members (excludes halogenated alkanes) is 1. The first kappa shape index (κ1) is 19.1. The lowest BCUT2D eigenvalue weighted by Gasteiger charge is -2.10. The molecule has 0 aliphatic carbocycles. The van der Waals surface area contributed by atoms with E-state index in [1.807, 2.05) is 0 Å². The van der Waals surface area contributed by atoms with E-state index in [0.717, 1.165) is 35.1 Å². The van der Waals surface area contributed by atoms with E-state index < -0.39 is 16.9 Å². The lowest BCUT2D eigenvalue weighted by Crippen LogP contribution is -2.22. The first-order chi connectivity index (χ1) is 11.5. The number of carbonyl (C=O) groups is 1. The molecule has 2 aromatic rings. The Morgan fingerprint density at radius 3 is 2.79 bits per heavy atom. The highest BCUT2D eigenvalue weighted by molar-refractivity contribution is 8.03. The Morgan fingerprint density at radius 2 is 2.08 bits per heavy atom. The molecular weight excluding hydrogens is 372 g/mol. The minimum absolute atomic E-state index is 0.0399. The number of amides is 1. The van der Waals surface area contributed by atoms with Crippen molar-refractivity contribution >= 4 is 46.5 Å². The molecule has 0 aliphatic rings. The lowest BCUT2D eigenvalue weighted by atomic mass is 10.3. The summed E-state index contributed by atoms with van der Waals surface area (Å²) < 4.78 is 28.0. The van der Waals surface area contributed by atoms with Gasteiger partial charge in [-0.3, -0.25) is 4.79 Å². The SMILES string of the molecule is CCCCSc1nnc(SC(C)C(=O)Nc2ccc(F)cc2F)s1. The van der Waals surface area contributed by atoms with Crippen LogP contribution in [0.25, 0.3) is 0 Å². The summed E-state index contributed by atoms with van der Waals surface area (Å²) in [5.74, 6) is -0.864. The molecule has 9 heteroatoms. The number of thioether (sulfide) groups is 2. The van der Waals surface area contributed by atoms with Crippen molar-refractivity contribution in [3.8, 4) is 0 Å². The number of carbonyl (C=O) groups excluding carboxylic acids is 1. The highest BCUT2D eigenvalue weighted by Crippen LogP contribution is 2.32. The lowest BCUT2D eigenvalue weighted by molar-refractivity contribution is -0.115. The normalized spacial score (nSPS) is 12.2. The first-order valence-corrected chi connectivity index (χ1v) is 10.1. The summed E-state index contributed by atoms with van der Waals surface area (Å²) in [5.41, 5.74) is -0.0399. The van der Waals surface area contributed by atoms with Gasteiger partial charge < -0.3 is 5.32 Å². The number of hydrogen-bond donors (Lipinski definition) is 1. The number of anilines is 1. The van der Waals surface area contributed by atoms with Crippen molar-refractivity contribution < 1.29 is 13.6 Å². The molecule has 1 heterocycles. The molecule has 0 saturated carbocycles. The van der Waals surface area contributed by atoms with Crippen LogP contribution in [0.1, 0.15) is 26.7 Å². The average molecular weight is 390 g/mol. The summed E-state index contributed by atoms with van der Waals surface area (Å²) in [6, 6.07) is 3.03. The molecule has 0 bridgehead atoms. The zero-order valence-electron chi connectivity index (χ0n) is 13.2. The van der Waals surface area contributed by atoms with Gasteiger partial charge in [-0.15, -0.1) is 10.2 Å². The van der Waals surface area contributed by atoms with Gasteiger partial charge in [0.2, 0.25) is 5.91 Å². The molecule has 1 N–H and O–H groups in total. The molecule has 0 saturated heterocycles. The summed E-state index contributed by atoms with van der Waals surface area (Å²) in [5, 5.41) is 10.1. The van der Waals surface area contributed by atoms with E-state index in [1.54, 1.807) is 18.7 Å². The van der Waals surface area contributed by atoms with Gasteiger partial charge >= 0.3 is 0 Å². The molecule has 0 spiro atoms. The highest BCUT2D eigenvalue weighted by Gasteiger charge is 2.18. The fourth-order valence-electron chi connectivity index (χ4n) is 1.64. The third-order valence-electron chi connectivity index (χ3n) is 2.95. The van der Waals surface area contributed by atoms with Gasteiger partial charge in [-0.25, -0.2) is 8.78 Å².